The Morgan fingerprint density at radius 1 is 1.08 bits per heavy atom. The average Bonchev–Trinajstić information content (AvgIpc) is 2.59. The van der Waals surface area contributed by atoms with Gasteiger partial charge in [-0.05, 0) is 43.3 Å². The van der Waals surface area contributed by atoms with Crippen molar-refractivity contribution in [2.75, 3.05) is 5.32 Å². The molecule has 0 spiro atoms. The lowest BCUT2D eigenvalue weighted by molar-refractivity contribution is -0.385. The molecular formula is C17H13FN4O3. The number of anilines is 2. The maximum Gasteiger partial charge on any atom is 0.373 e. The Morgan fingerprint density at radius 3 is 2.40 bits per heavy atom. The van der Waals surface area contributed by atoms with Crippen LogP contribution in [0.3, 0.4) is 0 Å². The van der Waals surface area contributed by atoms with Crippen molar-refractivity contribution < 1.29 is 14.1 Å². The van der Waals surface area contributed by atoms with E-state index in [9.17, 15) is 14.5 Å². The van der Waals surface area contributed by atoms with Crippen LogP contribution in [0.25, 0.3) is 0 Å². The van der Waals surface area contributed by atoms with Crippen molar-refractivity contribution in [3.8, 4) is 11.6 Å². The van der Waals surface area contributed by atoms with Crippen LogP contribution < -0.4 is 10.1 Å². The van der Waals surface area contributed by atoms with Crippen molar-refractivity contribution in [3.63, 3.8) is 0 Å². The minimum Gasteiger partial charge on any atom is -0.434 e. The van der Waals surface area contributed by atoms with Gasteiger partial charge in [-0.15, -0.1) is 0 Å². The standard InChI is InChI=1S/C17H13FN4O3/c1-11-2-8-14(9-3-11)25-17-15(22(23)24)16(19-10-20-17)21-13-6-4-12(18)5-7-13/h2-10H,1H3,(H,19,20,21). The molecule has 0 saturated heterocycles. The summed E-state index contributed by atoms with van der Waals surface area (Å²) in [5.41, 5.74) is 1.07. The summed E-state index contributed by atoms with van der Waals surface area (Å²) >= 11 is 0. The van der Waals surface area contributed by atoms with Gasteiger partial charge in [-0.2, -0.15) is 4.98 Å². The molecule has 0 amide bonds. The molecule has 0 aliphatic heterocycles. The highest BCUT2D eigenvalue weighted by Crippen LogP contribution is 2.35. The van der Waals surface area contributed by atoms with Crippen molar-refractivity contribution in [1.29, 1.82) is 0 Å². The van der Waals surface area contributed by atoms with Crippen LogP contribution in [0, 0.1) is 22.9 Å². The SMILES string of the molecule is Cc1ccc(Oc2ncnc(Nc3ccc(F)cc3)c2[N+](=O)[O-])cc1. The predicted molar refractivity (Wildman–Crippen MR) is 89.6 cm³/mol. The number of hydrogen-bond acceptors (Lipinski definition) is 6. The number of aromatic nitrogens is 2. The molecule has 3 aromatic rings. The van der Waals surface area contributed by atoms with E-state index in [2.05, 4.69) is 15.3 Å². The zero-order valence-corrected chi connectivity index (χ0v) is 13.1. The number of ether oxygens (including phenoxy) is 1. The maximum absolute atomic E-state index is 13.0. The fourth-order valence-corrected chi connectivity index (χ4v) is 2.08. The third-order valence-electron chi connectivity index (χ3n) is 3.31. The van der Waals surface area contributed by atoms with E-state index >= 15 is 0 Å². The fraction of sp³-hybridized carbons (Fsp3) is 0.0588. The maximum atomic E-state index is 13.0. The molecule has 126 valence electrons. The van der Waals surface area contributed by atoms with E-state index in [1.54, 1.807) is 12.1 Å². The lowest BCUT2D eigenvalue weighted by Gasteiger charge is -2.09. The van der Waals surface area contributed by atoms with Gasteiger partial charge in [0.15, 0.2) is 0 Å². The normalized spacial score (nSPS) is 10.3. The van der Waals surface area contributed by atoms with Crippen LogP contribution in [-0.2, 0) is 0 Å². The number of benzene rings is 2. The number of nitrogens with one attached hydrogen (secondary N) is 1. The Bertz CT molecular complexity index is 833. The Kier molecular flexibility index (Phi) is 4.51. The molecule has 0 unspecified atom stereocenters. The first kappa shape index (κ1) is 16.3. The lowest BCUT2D eigenvalue weighted by atomic mass is 10.2. The quantitative estimate of drug-likeness (QED) is 0.548. The summed E-state index contributed by atoms with van der Waals surface area (Å²) in [5.74, 6) is -0.228. The van der Waals surface area contributed by atoms with Crippen LogP contribution in [-0.4, -0.2) is 14.9 Å². The second-order valence-electron chi connectivity index (χ2n) is 5.18. The monoisotopic (exact) mass is 340 g/mol. The highest BCUT2D eigenvalue weighted by molar-refractivity contribution is 5.68. The third kappa shape index (κ3) is 3.86. The Balaban J connectivity index is 1.94. The Hall–Kier alpha value is -3.55. The smallest absolute Gasteiger partial charge is 0.373 e. The number of rotatable bonds is 5. The number of nitrogens with zero attached hydrogens (tertiary/aromatic N) is 3. The first-order chi connectivity index (χ1) is 12.0. The van der Waals surface area contributed by atoms with E-state index in [1.807, 2.05) is 19.1 Å². The minimum absolute atomic E-state index is 0.0475. The Morgan fingerprint density at radius 2 is 1.76 bits per heavy atom. The minimum atomic E-state index is -0.630. The van der Waals surface area contributed by atoms with Crippen LogP contribution in [0.4, 0.5) is 21.6 Å². The molecule has 0 radical (unpaired) electrons. The predicted octanol–water partition coefficient (Wildman–Crippen LogP) is 4.37. The Labute approximate surface area is 142 Å². The second kappa shape index (κ2) is 6.91. The summed E-state index contributed by atoms with van der Waals surface area (Å²) in [4.78, 5) is 18.6. The number of halogens is 1. The molecule has 1 heterocycles. The van der Waals surface area contributed by atoms with Crippen molar-refractivity contribution in [2.45, 2.75) is 6.92 Å². The van der Waals surface area contributed by atoms with Crippen molar-refractivity contribution in [1.82, 2.24) is 9.97 Å². The van der Waals surface area contributed by atoms with Crippen LogP contribution in [0.5, 0.6) is 11.6 Å². The van der Waals surface area contributed by atoms with E-state index in [1.165, 1.54) is 24.3 Å². The van der Waals surface area contributed by atoms with Crippen molar-refractivity contribution in [3.05, 3.63) is 76.4 Å². The summed E-state index contributed by atoms with van der Waals surface area (Å²) in [6.07, 6.45) is 1.16. The van der Waals surface area contributed by atoms with Crippen molar-refractivity contribution >= 4 is 17.2 Å². The zero-order valence-electron chi connectivity index (χ0n) is 13.1. The molecule has 0 aliphatic rings. The summed E-state index contributed by atoms with van der Waals surface area (Å²) in [6, 6.07) is 12.4. The first-order valence-electron chi connectivity index (χ1n) is 7.29. The van der Waals surface area contributed by atoms with Crippen molar-refractivity contribution in [2.24, 2.45) is 0 Å². The topological polar surface area (TPSA) is 90.2 Å². The molecule has 3 rings (SSSR count). The van der Waals surface area contributed by atoms with Crippen LogP contribution in [0.2, 0.25) is 0 Å². The summed E-state index contributed by atoms with van der Waals surface area (Å²) in [7, 11) is 0. The van der Waals surface area contributed by atoms with Gasteiger partial charge in [-0.1, -0.05) is 17.7 Å². The molecule has 25 heavy (non-hydrogen) atoms. The third-order valence-corrected chi connectivity index (χ3v) is 3.31. The molecular weight excluding hydrogens is 327 g/mol. The fourth-order valence-electron chi connectivity index (χ4n) is 2.08. The van der Waals surface area contributed by atoms with Gasteiger partial charge in [0.25, 0.3) is 0 Å². The average molecular weight is 340 g/mol. The van der Waals surface area contributed by atoms with Gasteiger partial charge in [0, 0.05) is 5.69 Å². The number of nitro groups is 1. The van der Waals surface area contributed by atoms with Gasteiger partial charge < -0.3 is 10.1 Å². The number of aryl methyl sites for hydroxylation is 1. The molecule has 2 aromatic carbocycles. The van der Waals surface area contributed by atoms with E-state index in [-0.39, 0.29) is 11.7 Å². The van der Waals surface area contributed by atoms with Gasteiger partial charge in [0.2, 0.25) is 5.82 Å². The summed E-state index contributed by atoms with van der Waals surface area (Å²) in [5, 5.41) is 14.3. The lowest BCUT2D eigenvalue weighted by Crippen LogP contribution is -2.03. The summed E-state index contributed by atoms with van der Waals surface area (Å²) in [6.45, 7) is 1.92. The van der Waals surface area contributed by atoms with Gasteiger partial charge in [-0.3, -0.25) is 10.1 Å². The van der Waals surface area contributed by atoms with Gasteiger partial charge in [0.1, 0.15) is 17.9 Å². The molecule has 1 aromatic heterocycles. The molecule has 0 fully saturated rings. The van der Waals surface area contributed by atoms with Crippen LogP contribution in [0.1, 0.15) is 5.56 Å². The molecule has 1 N–H and O–H groups in total. The molecule has 0 saturated carbocycles. The second-order valence-corrected chi connectivity index (χ2v) is 5.18. The molecule has 0 atom stereocenters. The largest absolute Gasteiger partial charge is 0.434 e. The molecule has 7 nitrogen and oxygen atoms in total. The molecule has 8 heteroatoms. The highest BCUT2D eigenvalue weighted by atomic mass is 19.1. The van der Waals surface area contributed by atoms with Gasteiger partial charge in [0.05, 0.1) is 4.92 Å². The van der Waals surface area contributed by atoms with Gasteiger partial charge in [-0.25, -0.2) is 9.37 Å². The van der Waals surface area contributed by atoms with Crippen LogP contribution in [0.15, 0.2) is 54.9 Å². The van der Waals surface area contributed by atoms with Crippen LogP contribution >= 0.6 is 0 Å². The summed E-state index contributed by atoms with van der Waals surface area (Å²) < 4.78 is 18.5. The van der Waals surface area contributed by atoms with E-state index in [0.717, 1.165) is 11.9 Å². The van der Waals surface area contributed by atoms with Gasteiger partial charge >= 0.3 is 11.6 Å². The number of hydrogen-bond donors (Lipinski definition) is 1. The molecule has 0 bridgehead atoms. The van der Waals surface area contributed by atoms with E-state index < -0.39 is 16.4 Å². The van der Waals surface area contributed by atoms with E-state index in [0.29, 0.717) is 11.4 Å². The first-order valence-corrected chi connectivity index (χ1v) is 7.29. The zero-order chi connectivity index (χ0) is 17.8. The highest BCUT2D eigenvalue weighted by Gasteiger charge is 2.25. The van der Waals surface area contributed by atoms with E-state index in [4.69, 9.17) is 4.74 Å². The molecule has 0 aliphatic carbocycles.